The molecule has 166 valence electrons. The van der Waals surface area contributed by atoms with Crippen LogP contribution in [-0.4, -0.2) is 76.9 Å². The number of hydrogen-bond donors (Lipinski definition) is 1. The van der Waals surface area contributed by atoms with E-state index in [4.69, 9.17) is 9.73 Å². The van der Waals surface area contributed by atoms with Crippen LogP contribution >= 0.6 is 11.8 Å². The lowest BCUT2D eigenvalue weighted by Crippen LogP contribution is -2.43. The molecule has 31 heavy (non-hydrogen) atoms. The van der Waals surface area contributed by atoms with Gasteiger partial charge in [0.2, 0.25) is 0 Å². The monoisotopic (exact) mass is 441 g/mol. The van der Waals surface area contributed by atoms with Crippen molar-refractivity contribution < 1.29 is 9.84 Å². The number of fused-ring (bicyclic) bond motifs is 1. The molecule has 7 nitrogen and oxygen atoms in total. The van der Waals surface area contributed by atoms with Gasteiger partial charge in [0.05, 0.1) is 29.8 Å². The average Bonchev–Trinajstić information content (AvgIpc) is 3.16. The third kappa shape index (κ3) is 4.25. The predicted molar refractivity (Wildman–Crippen MR) is 127 cm³/mol. The van der Waals surface area contributed by atoms with E-state index in [0.29, 0.717) is 5.25 Å². The second kappa shape index (κ2) is 8.92. The van der Waals surface area contributed by atoms with Gasteiger partial charge < -0.3 is 19.6 Å². The number of aromatic nitrogens is 2. The number of morpholine rings is 1. The van der Waals surface area contributed by atoms with E-state index in [1.165, 1.54) is 5.69 Å². The van der Waals surface area contributed by atoms with Gasteiger partial charge in [0.1, 0.15) is 18.2 Å². The summed E-state index contributed by atoms with van der Waals surface area (Å²) in [6.45, 7) is 9.42. The average molecular weight is 442 g/mol. The number of aliphatic hydroxyl groups excluding tert-OH is 1. The number of nitrogens with zero attached hydrogens (tertiary/aromatic N) is 5. The van der Waals surface area contributed by atoms with Gasteiger partial charge in [-0.1, -0.05) is 6.92 Å². The molecular weight excluding hydrogens is 410 g/mol. The molecule has 3 aliphatic heterocycles. The molecule has 0 amide bonds. The summed E-state index contributed by atoms with van der Waals surface area (Å²) in [7, 11) is 0. The summed E-state index contributed by atoms with van der Waals surface area (Å²) in [4.78, 5) is 18.6. The number of ether oxygens (including phenoxy) is 1. The van der Waals surface area contributed by atoms with Crippen molar-refractivity contribution in [1.29, 1.82) is 0 Å². The van der Waals surface area contributed by atoms with Crippen LogP contribution in [0.2, 0.25) is 0 Å². The summed E-state index contributed by atoms with van der Waals surface area (Å²) < 4.78 is 5.48. The third-order valence-corrected chi connectivity index (χ3v) is 8.10. The first kappa shape index (κ1) is 21.0. The SMILES string of the molecule is CC1N=C(C(O)C2CCCN(c3ncnc4cc(N5CCOCC5)ccc34)C2)SC1C. The van der Waals surface area contributed by atoms with E-state index in [1.54, 1.807) is 18.1 Å². The van der Waals surface area contributed by atoms with Crippen LogP contribution in [-0.2, 0) is 4.74 Å². The Hall–Kier alpha value is -1.90. The van der Waals surface area contributed by atoms with Gasteiger partial charge in [0.15, 0.2) is 0 Å². The van der Waals surface area contributed by atoms with E-state index in [-0.39, 0.29) is 12.0 Å². The number of rotatable bonds is 4. The van der Waals surface area contributed by atoms with Gasteiger partial charge in [-0.25, -0.2) is 9.97 Å². The molecule has 3 aliphatic rings. The Morgan fingerprint density at radius 2 is 1.97 bits per heavy atom. The van der Waals surface area contributed by atoms with Crippen molar-refractivity contribution in [3.63, 3.8) is 0 Å². The van der Waals surface area contributed by atoms with Crippen LogP contribution in [0, 0.1) is 5.92 Å². The molecule has 4 unspecified atom stereocenters. The molecule has 5 rings (SSSR count). The summed E-state index contributed by atoms with van der Waals surface area (Å²) in [6.07, 6.45) is 3.24. The molecule has 0 aliphatic carbocycles. The lowest BCUT2D eigenvalue weighted by Gasteiger charge is -2.36. The van der Waals surface area contributed by atoms with Gasteiger partial charge in [-0.3, -0.25) is 4.99 Å². The summed E-state index contributed by atoms with van der Waals surface area (Å²) in [6, 6.07) is 6.76. The number of hydrogen-bond acceptors (Lipinski definition) is 8. The fourth-order valence-electron chi connectivity index (χ4n) is 4.73. The summed E-state index contributed by atoms with van der Waals surface area (Å²) >= 11 is 1.73. The fourth-order valence-corrected chi connectivity index (χ4v) is 5.93. The highest BCUT2D eigenvalue weighted by atomic mass is 32.2. The van der Waals surface area contributed by atoms with Crippen molar-refractivity contribution in [1.82, 2.24) is 9.97 Å². The van der Waals surface area contributed by atoms with E-state index in [9.17, 15) is 5.11 Å². The van der Waals surface area contributed by atoms with Crippen LogP contribution in [0.4, 0.5) is 11.5 Å². The Bertz CT molecular complexity index is 964. The van der Waals surface area contributed by atoms with Crippen LogP contribution in [0.5, 0.6) is 0 Å². The predicted octanol–water partition coefficient (Wildman–Crippen LogP) is 2.97. The largest absolute Gasteiger partial charge is 0.386 e. The van der Waals surface area contributed by atoms with Crippen LogP contribution in [0.1, 0.15) is 26.7 Å². The standard InChI is InChI=1S/C23H31N5O2S/c1-15-16(2)31-23(26-15)21(29)17-4-3-7-28(13-17)22-19-6-5-18(12-20(19)24-14-25-22)27-8-10-30-11-9-27/h5-6,12,14-17,21,29H,3-4,7-11,13H2,1-2H3. The van der Waals surface area contributed by atoms with Gasteiger partial charge >= 0.3 is 0 Å². The molecule has 1 aromatic carbocycles. The van der Waals surface area contributed by atoms with Crippen molar-refractivity contribution in [2.75, 3.05) is 49.2 Å². The zero-order valence-corrected chi connectivity index (χ0v) is 19.1. The molecule has 2 aromatic rings. The zero-order valence-electron chi connectivity index (χ0n) is 18.3. The second-order valence-electron chi connectivity index (χ2n) is 8.82. The maximum absolute atomic E-state index is 11.0. The van der Waals surface area contributed by atoms with Gasteiger partial charge in [-0.2, -0.15) is 0 Å². The summed E-state index contributed by atoms with van der Waals surface area (Å²) in [5.41, 5.74) is 2.15. The van der Waals surface area contributed by atoms with Crippen LogP contribution in [0.15, 0.2) is 29.5 Å². The Balaban J connectivity index is 1.36. The van der Waals surface area contributed by atoms with Crippen LogP contribution < -0.4 is 9.80 Å². The van der Waals surface area contributed by atoms with Crippen molar-refractivity contribution in [3.05, 3.63) is 24.5 Å². The molecule has 8 heteroatoms. The first-order valence-electron chi connectivity index (χ1n) is 11.3. The number of benzene rings is 1. The molecule has 4 heterocycles. The molecule has 4 atom stereocenters. The molecule has 0 spiro atoms. The number of anilines is 2. The normalized spacial score (nSPS) is 28.1. The van der Waals surface area contributed by atoms with E-state index in [2.05, 4.69) is 51.8 Å². The second-order valence-corrected chi connectivity index (χ2v) is 10.2. The maximum Gasteiger partial charge on any atom is 0.139 e. The summed E-state index contributed by atoms with van der Waals surface area (Å²) in [5.74, 6) is 1.15. The number of aliphatic hydroxyl groups is 1. The molecule has 1 aromatic heterocycles. The van der Waals surface area contributed by atoms with Gasteiger partial charge in [-0.05, 0) is 38.0 Å². The molecule has 0 saturated carbocycles. The third-order valence-electron chi connectivity index (χ3n) is 6.75. The Morgan fingerprint density at radius 1 is 1.13 bits per heavy atom. The highest BCUT2D eigenvalue weighted by molar-refractivity contribution is 8.14. The van der Waals surface area contributed by atoms with Gasteiger partial charge in [0.25, 0.3) is 0 Å². The lowest BCUT2D eigenvalue weighted by molar-refractivity contribution is 0.122. The van der Waals surface area contributed by atoms with Crippen molar-refractivity contribution in [3.8, 4) is 0 Å². The minimum atomic E-state index is -0.485. The number of piperidine rings is 1. The fraction of sp³-hybridized carbons (Fsp3) is 0.609. The molecule has 1 N–H and O–H groups in total. The Kier molecular flexibility index (Phi) is 6.03. The minimum absolute atomic E-state index is 0.176. The first-order chi connectivity index (χ1) is 15.1. The molecular formula is C23H31N5O2S. The van der Waals surface area contributed by atoms with E-state index in [0.717, 1.165) is 74.0 Å². The number of thioether (sulfide) groups is 1. The topological polar surface area (TPSA) is 74.1 Å². The highest BCUT2D eigenvalue weighted by Crippen LogP contribution is 2.34. The van der Waals surface area contributed by atoms with E-state index in [1.807, 2.05) is 0 Å². The van der Waals surface area contributed by atoms with Crippen molar-refractivity contribution >= 4 is 39.2 Å². The Morgan fingerprint density at radius 3 is 2.74 bits per heavy atom. The quantitative estimate of drug-likeness (QED) is 0.782. The highest BCUT2D eigenvalue weighted by Gasteiger charge is 2.34. The van der Waals surface area contributed by atoms with Crippen molar-refractivity contribution in [2.24, 2.45) is 10.9 Å². The smallest absolute Gasteiger partial charge is 0.139 e. The van der Waals surface area contributed by atoms with Crippen molar-refractivity contribution in [2.45, 2.75) is 44.1 Å². The van der Waals surface area contributed by atoms with E-state index >= 15 is 0 Å². The first-order valence-corrected chi connectivity index (χ1v) is 12.2. The van der Waals surface area contributed by atoms with Gasteiger partial charge in [0, 0.05) is 48.4 Å². The van der Waals surface area contributed by atoms with Gasteiger partial charge in [-0.15, -0.1) is 11.8 Å². The van der Waals surface area contributed by atoms with Crippen LogP contribution in [0.25, 0.3) is 10.9 Å². The molecule has 0 radical (unpaired) electrons. The lowest BCUT2D eigenvalue weighted by atomic mass is 9.92. The molecule has 0 bridgehead atoms. The number of aliphatic imine (C=N–C) groups is 1. The van der Waals surface area contributed by atoms with E-state index < -0.39 is 6.10 Å². The zero-order chi connectivity index (χ0) is 21.4. The molecule has 2 fully saturated rings. The minimum Gasteiger partial charge on any atom is -0.386 e. The summed E-state index contributed by atoms with van der Waals surface area (Å²) in [5, 5.41) is 13.5. The Labute approximate surface area is 187 Å². The molecule has 2 saturated heterocycles. The van der Waals surface area contributed by atoms with Crippen LogP contribution in [0.3, 0.4) is 0 Å². The maximum atomic E-state index is 11.0.